The summed E-state index contributed by atoms with van der Waals surface area (Å²) < 4.78 is 10.3. The third-order valence-electron chi connectivity index (χ3n) is 2.60. The fourth-order valence-electron chi connectivity index (χ4n) is 1.63. The molecule has 0 aliphatic carbocycles. The molecule has 20 heavy (non-hydrogen) atoms. The molecule has 0 saturated heterocycles. The quantitative estimate of drug-likeness (QED) is 0.770. The van der Waals surface area contributed by atoms with Gasteiger partial charge in [-0.3, -0.25) is 0 Å². The van der Waals surface area contributed by atoms with Crippen molar-refractivity contribution in [3.63, 3.8) is 0 Å². The summed E-state index contributed by atoms with van der Waals surface area (Å²) in [6.45, 7) is 3.28. The summed E-state index contributed by atoms with van der Waals surface area (Å²) in [5.41, 5.74) is 0. The van der Waals surface area contributed by atoms with Crippen LogP contribution in [0, 0.1) is 6.92 Å². The summed E-state index contributed by atoms with van der Waals surface area (Å²) in [6, 6.07) is 0. The van der Waals surface area contributed by atoms with Gasteiger partial charge in [-0.05, 0) is 6.92 Å². The largest absolute Gasteiger partial charge is 0.480 e. The minimum Gasteiger partial charge on any atom is -0.480 e. The molecule has 110 valence electrons. The van der Waals surface area contributed by atoms with Gasteiger partial charge in [-0.2, -0.15) is 9.97 Å². The first-order valence-corrected chi connectivity index (χ1v) is 7.12. The molecule has 0 radical (unpaired) electrons. The molecule has 0 amide bonds. The van der Waals surface area contributed by atoms with Gasteiger partial charge >= 0.3 is 0 Å². The lowest BCUT2D eigenvalue weighted by Crippen LogP contribution is -2.16. The molecule has 0 bridgehead atoms. The van der Waals surface area contributed by atoms with Crippen molar-refractivity contribution in [2.75, 3.05) is 32.6 Å². The van der Waals surface area contributed by atoms with Crippen molar-refractivity contribution in [3.05, 3.63) is 16.6 Å². The molecule has 2 rings (SSSR count). The fourth-order valence-corrected chi connectivity index (χ4v) is 2.55. The summed E-state index contributed by atoms with van der Waals surface area (Å²) in [6.07, 6.45) is 0.711. The highest BCUT2D eigenvalue weighted by molar-refractivity contribution is 7.15. The Bertz CT molecular complexity index is 552. The van der Waals surface area contributed by atoms with Gasteiger partial charge < -0.3 is 19.5 Å². The number of aromatic nitrogens is 3. The van der Waals surface area contributed by atoms with Crippen LogP contribution in [-0.2, 0) is 13.0 Å². The molecule has 0 spiro atoms. The van der Waals surface area contributed by atoms with E-state index in [1.54, 1.807) is 18.4 Å². The highest BCUT2D eigenvalue weighted by atomic mass is 32.1. The first kappa shape index (κ1) is 14.7. The van der Waals surface area contributed by atoms with E-state index < -0.39 is 0 Å². The molecule has 2 aromatic rings. The average Bonchev–Trinajstić information content (AvgIpc) is 3.01. The molecule has 0 aromatic carbocycles. The topological polar surface area (TPSA) is 76.3 Å². The third kappa shape index (κ3) is 3.67. The van der Waals surface area contributed by atoms with Crippen LogP contribution in [0.3, 0.4) is 0 Å². The van der Waals surface area contributed by atoms with Crippen LogP contribution in [0.4, 0.5) is 5.13 Å². The maximum atomic E-state index is 5.29. The van der Waals surface area contributed by atoms with Crippen molar-refractivity contribution in [1.82, 2.24) is 20.4 Å². The number of methoxy groups -OCH3 is 1. The van der Waals surface area contributed by atoms with E-state index in [4.69, 9.17) is 9.26 Å². The Hall–Kier alpha value is -1.67. The second-order valence-corrected chi connectivity index (χ2v) is 5.55. The first-order chi connectivity index (χ1) is 9.60. The van der Waals surface area contributed by atoms with E-state index in [9.17, 15) is 0 Å². The normalized spacial score (nSPS) is 10.8. The number of anilines is 1. The number of nitrogens with zero attached hydrogens (tertiary/aromatic N) is 4. The Morgan fingerprint density at radius 1 is 1.35 bits per heavy atom. The van der Waals surface area contributed by atoms with Gasteiger partial charge in [-0.15, -0.1) is 0 Å². The van der Waals surface area contributed by atoms with Gasteiger partial charge in [0, 0.05) is 33.6 Å². The number of aryl methyl sites for hydroxylation is 1. The highest BCUT2D eigenvalue weighted by Gasteiger charge is 2.12. The highest BCUT2D eigenvalue weighted by Crippen LogP contribution is 2.30. The van der Waals surface area contributed by atoms with E-state index in [1.165, 1.54) is 0 Å². The van der Waals surface area contributed by atoms with Crippen LogP contribution in [-0.4, -0.2) is 42.9 Å². The van der Waals surface area contributed by atoms with Gasteiger partial charge in [0.15, 0.2) is 11.0 Å². The first-order valence-electron chi connectivity index (χ1n) is 6.31. The van der Waals surface area contributed by atoms with Crippen LogP contribution in [0.1, 0.15) is 16.6 Å². The molecule has 2 heterocycles. The lowest BCUT2D eigenvalue weighted by atomic mass is 10.4. The van der Waals surface area contributed by atoms with E-state index in [2.05, 4.69) is 20.4 Å². The van der Waals surface area contributed by atoms with Gasteiger partial charge in [0.05, 0.1) is 12.0 Å². The monoisotopic (exact) mass is 297 g/mol. The molecule has 0 unspecified atom stereocenters. The molecule has 0 aliphatic rings. The maximum absolute atomic E-state index is 5.29. The zero-order valence-corrected chi connectivity index (χ0v) is 13.0. The van der Waals surface area contributed by atoms with Crippen molar-refractivity contribution >= 4 is 16.5 Å². The van der Waals surface area contributed by atoms with Gasteiger partial charge in [0.2, 0.25) is 11.8 Å². The second kappa shape index (κ2) is 6.67. The maximum Gasteiger partial charge on any atom is 0.230 e. The zero-order valence-electron chi connectivity index (χ0n) is 12.1. The van der Waals surface area contributed by atoms with Crippen molar-refractivity contribution < 1.29 is 9.26 Å². The standard InChI is InChI=1S/C12H19N5O2S/c1-8-14-10(19-16-8)5-6-13-7-9-11(18-4)15-12(20-9)17(2)3/h13H,5-7H2,1-4H3. The van der Waals surface area contributed by atoms with E-state index in [0.29, 0.717) is 30.6 Å². The number of hydrogen-bond acceptors (Lipinski definition) is 8. The molecular formula is C12H19N5O2S. The van der Waals surface area contributed by atoms with Crippen LogP contribution in [0.5, 0.6) is 5.88 Å². The van der Waals surface area contributed by atoms with E-state index in [-0.39, 0.29) is 0 Å². The molecule has 8 heteroatoms. The molecule has 1 N–H and O–H groups in total. The summed E-state index contributed by atoms with van der Waals surface area (Å²) >= 11 is 1.62. The van der Waals surface area contributed by atoms with Crippen LogP contribution in [0.15, 0.2) is 4.52 Å². The summed E-state index contributed by atoms with van der Waals surface area (Å²) in [5.74, 6) is 2.00. The summed E-state index contributed by atoms with van der Waals surface area (Å²) in [4.78, 5) is 11.6. The average molecular weight is 297 g/mol. The predicted molar refractivity (Wildman–Crippen MR) is 77.4 cm³/mol. The number of rotatable bonds is 7. The predicted octanol–water partition coefficient (Wildman–Crippen LogP) is 1.24. The van der Waals surface area contributed by atoms with E-state index in [1.807, 2.05) is 25.9 Å². The molecule has 0 atom stereocenters. The summed E-state index contributed by atoms with van der Waals surface area (Å²) in [7, 11) is 5.57. The second-order valence-electron chi connectivity index (χ2n) is 4.49. The SMILES string of the molecule is COc1nc(N(C)C)sc1CNCCc1nc(C)no1. The fraction of sp³-hybridized carbons (Fsp3) is 0.583. The smallest absolute Gasteiger partial charge is 0.230 e. The van der Waals surface area contributed by atoms with Crippen molar-refractivity contribution in [1.29, 1.82) is 0 Å². The molecule has 0 fully saturated rings. The Balaban J connectivity index is 1.84. The molecule has 7 nitrogen and oxygen atoms in total. The van der Waals surface area contributed by atoms with Crippen molar-refractivity contribution in [3.8, 4) is 5.88 Å². The van der Waals surface area contributed by atoms with E-state index >= 15 is 0 Å². The number of hydrogen-bond donors (Lipinski definition) is 1. The Morgan fingerprint density at radius 3 is 2.75 bits per heavy atom. The number of ether oxygens (including phenoxy) is 1. The molecule has 2 aromatic heterocycles. The van der Waals surface area contributed by atoms with Crippen LogP contribution >= 0.6 is 11.3 Å². The van der Waals surface area contributed by atoms with Gasteiger partial charge in [0.25, 0.3) is 0 Å². The summed E-state index contributed by atoms with van der Waals surface area (Å²) in [5, 5.41) is 8.02. The van der Waals surface area contributed by atoms with Crippen LogP contribution < -0.4 is 15.0 Å². The molecular weight excluding hydrogens is 278 g/mol. The lowest BCUT2D eigenvalue weighted by molar-refractivity contribution is 0.371. The minimum absolute atomic E-state index is 0.653. The van der Waals surface area contributed by atoms with Crippen LogP contribution in [0.2, 0.25) is 0 Å². The van der Waals surface area contributed by atoms with Crippen LogP contribution in [0.25, 0.3) is 0 Å². The van der Waals surface area contributed by atoms with Gasteiger partial charge in [-0.25, -0.2) is 0 Å². The Labute approximate surface area is 122 Å². The third-order valence-corrected chi connectivity index (χ3v) is 3.80. The molecule has 0 aliphatic heterocycles. The zero-order chi connectivity index (χ0) is 14.5. The molecule has 0 saturated carbocycles. The lowest BCUT2D eigenvalue weighted by Gasteiger charge is -2.04. The number of nitrogens with one attached hydrogen (secondary N) is 1. The van der Waals surface area contributed by atoms with E-state index in [0.717, 1.165) is 16.6 Å². The Kier molecular flexibility index (Phi) is 4.91. The van der Waals surface area contributed by atoms with Crippen molar-refractivity contribution in [2.45, 2.75) is 19.9 Å². The number of thiazole rings is 1. The van der Waals surface area contributed by atoms with Crippen molar-refractivity contribution in [2.24, 2.45) is 0 Å². The Morgan fingerprint density at radius 2 is 2.15 bits per heavy atom. The van der Waals surface area contributed by atoms with Gasteiger partial charge in [-0.1, -0.05) is 16.5 Å². The van der Waals surface area contributed by atoms with Gasteiger partial charge in [0.1, 0.15) is 0 Å². The minimum atomic E-state index is 0.653.